The summed E-state index contributed by atoms with van der Waals surface area (Å²) in [4.78, 5) is 0. The Bertz CT molecular complexity index is 10300. The molecule has 0 bridgehead atoms. The van der Waals surface area contributed by atoms with E-state index in [-0.39, 0.29) is 16.2 Å². The summed E-state index contributed by atoms with van der Waals surface area (Å²) < 4.78 is 6.21. The van der Waals surface area contributed by atoms with Crippen molar-refractivity contribution in [1.82, 2.24) is 0 Å². The van der Waals surface area contributed by atoms with Gasteiger partial charge in [0.15, 0.2) is 0 Å². The molecule has 0 radical (unpaired) electrons. The fourth-order valence-electron chi connectivity index (χ4n) is 26.7. The van der Waals surface area contributed by atoms with Crippen LogP contribution in [-0.2, 0) is 16.2 Å². The van der Waals surface area contributed by atoms with Gasteiger partial charge in [0.05, 0.1) is 0 Å². The largest absolute Gasteiger partial charge is 0.456 e. The summed E-state index contributed by atoms with van der Waals surface area (Å²) in [5.74, 6) is 0. The first-order chi connectivity index (χ1) is 70.7. The SMILES string of the molecule is CC1(C)c2cc3ccccc3cc2-c2cccc(-c3c4ccccc4c(-c4cc5ccc6ccccc6c5c5ccccc45)c4ccccc34)c21.CC1(C)c2cc3ccccc3cc2-c2cccc(-c3c4ccccc4c(-c4cc5ccccc5c5ccccc45)c4ccccc34)c21.CC1(C)c2cc3ccccc3cc2-c2cccc(-c3c4ccccc4c(-c4ccc5oc6ccccc6c5c4)c4ccccc34)c21. The van der Waals surface area contributed by atoms with Crippen LogP contribution < -0.4 is 0 Å². The smallest absolute Gasteiger partial charge is 0.135 e. The van der Waals surface area contributed by atoms with Crippen LogP contribution in [0.4, 0.5) is 0 Å². The molecule has 0 atom stereocenters. The Kier molecular flexibility index (Phi) is 18.3. The number of benzene rings is 27. The molecule has 0 spiro atoms. The molecule has 1 aromatic heterocycles. The fraction of sp³-hybridized carbons (Fsp3) is 0.0629. The summed E-state index contributed by atoms with van der Waals surface area (Å²) >= 11 is 0. The lowest BCUT2D eigenvalue weighted by atomic mass is 9.76. The molecule has 0 N–H and O–H groups in total. The Balaban J connectivity index is 0.000000103. The summed E-state index contributed by atoms with van der Waals surface area (Å²) in [6.45, 7) is 14.5. The molecule has 0 saturated carbocycles. The summed E-state index contributed by atoms with van der Waals surface area (Å²) in [6, 6.07) is 176. The third kappa shape index (κ3) is 12.3. The van der Waals surface area contributed by atoms with Crippen molar-refractivity contribution in [3.63, 3.8) is 0 Å². The molecule has 27 aromatic carbocycles. The first-order valence-corrected chi connectivity index (χ1v) is 50.7. The van der Waals surface area contributed by atoms with Gasteiger partial charge in [-0.25, -0.2) is 0 Å². The Labute approximate surface area is 835 Å². The van der Waals surface area contributed by atoms with Gasteiger partial charge in [-0.3, -0.25) is 0 Å². The Morgan fingerprint density at radius 1 is 0.139 bits per heavy atom. The van der Waals surface area contributed by atoms with Gasteiger partial charge in [-0.2, -0.15) is 0 Å². The van der Waals surface area contributed by atoms with Crippen molar-refractivity contribution >= 4 is 173 Å². The number of fused-ring (bicyclic) bond motifs is 29. The molecule has 0 aliphatic heterocycles. The molecule has 1 heterocycles. The van der Waals surface area contributed by atoms with Gasteiger partial charge in [0.1, 0.15) is 11.2 Å². The minimum atomic E-state index is -0.163. The van der Waals surface area contributed by atoms with E-state index < -0.39 is 0 Å². The van der Waals surface area contributed by atoms with Gasteiger partial charge in [-0.15, -0.1) is 0 Å². The number of hydrogen-bond donors (Lipinski definition) is 0. The molecular weight excluding hydrogens is 1730 g/mol. The first-order valence-electron chi connectivity index (χ1n) is 50.7. The average molecular weight is 1830 g/mol. The van der Waals surface area contributed by atoms with Crippen LogP contribution in [0.15, 0.2) is 478 Å². The van der Waals surface area contributed by atoms with E-state index in [4.69, 9.17) is 4.42 Å². The van der Waals surface area contributed by atoms with Crippen molar-refractivity contribution in [3.05, 3.63) is 507 Å². The standard InChI is InChI=1S/C51H34.C47H32.C45H30O/c1-51(2)46-30-33-16-4-3-15-32(33)28-44(46)42-24-13-25-43(50(42)51)48-38-20-9-11-22-40(38)49(41-23-12-10-21-39(41)48)45-29-34-27-26-31-14-5-6-17-35(31)47(34)37-19-8-7-18-36(37)45;1-47(2)43-28-30-15-4-3-14-29(30)26-41(43)39-24-13-25-40(46(39)47)44-35-20-9-11-22-37(35)45(38-23-12-10-21-36(38)44)42-27-31-16-5-6-17-32(31)33-18-7-8-19-34(33)42;1-45(2)39-26-28-13-4-3-12-27(28)24-37(39)35-19-11-20-36(44(35)45)43-33-17-7-5-15-31(33)42(32-16-6-8-18-34(32)43)29-22-23-41-38(25-29)30-14-9-10-21-40(30)46-41/h3-30H,1-2H3;3-28H,1-2H3;3-26H,1-2H3. The van der Waals surface area contributed by atoms with Crippen LogP contribution in [0.25, 0.3) is 273 Å². The average Bonchev–Trinajstić information content (AvgIpc) is 1.42. The highest BCUT2D eigenvalue weighted by Crippen LogP contribution is 2.61. The maximum atomic E-state index is 6.21. The molecule has 31 rings (SSSR count). The fourth-order valence-corrected chi connectivity index (χ4v) is 26.7. The van der Waals surface area contributed by atoms with Gasteiger partial charge in [0.25, 0.3) is 0 Å². The number of para-hydroxylation sites is 1. The lowest BCUT2D eigenvalue weighted by molar-refractivity contribution is 0.663. The molecular formula is C143H96O. The van der Waals surface area contributed by atoms with E-state index >= 15 is 0 Å². The predicted molar refractivity (Wildman–Crippen MR) is 617 cm³/mol. The molecule has 0 amide bonds. The summed E-state index contributed by atoms with van der Waals surface area (Å²) in [6.07, 6.45) is 0. The van der Waals surface area contributed by atoms with Gasteiger partial charge in [0, 0.05) is 27.0 Å². The molecule has 1 heteroatoms. The van der Waals surface area contributed by atoms with E-state index in [9.17, 15) is 0 Å². The van der Waals surface area contributed by atoms with Gasteiger partial charge in [0.2, 0.25) is 0 Å². The number of hydrogen-bond acceptors (Lipinski definition) is 1. The topological polar surface area (TPSA) is 13.1 Å². The molecule has 144 heavy (non-hydrogen) atoms. The van der Waals surface area contributed by atoms with Crippen molar-refractivity contribution in [2.75, 3.05) is 0 Å². The highest BCUT2D eigenvalue weighted by Gasteiger charge is 2.43. The van der Waals surface area contributed by atoms with E-state index in [1.54, 1.807) is 0 Å². The minimum absolute atomic E-state index is 0.152. The Morgan fingerprint density at radius 2 is 0.396 bits per heavy atom. The van der Waals surface area contributed by atoms with E-state index in [1.165, 1.54) is 284 Å². The number of furan rings is 1. The van der Waals surface area contributed by atoms with E-state index in [1.807, 2.05) is 6.07 Å². The Hall–Kier alpha value is -17.6. The lowest BCUT2D eigenvalue weighted by Gasteiger charge is -2.26. The van der Waals surface area contributed by atoms with Gasteiger partial charge in [-0.1, -0.05) is 448 Å². The van der Waals surface area contributed by atoms with Crippen molar-refractivity contribution in [2.24, 2.45) is 0 Å². The van der Waals surface area contributed by atoms with Crippen molar-refractivity contribution in [2.45, 2.75) is 57.8 Å². The third-order valence-electron chi connectivity index (χ3n) is 32.9. The molecule has 1 nitrogen and oxygen atoms in total. The Morgan fingerprint density at radius 3 is 0.785 bits per heavy atom. The summed E-state index contributed by atoms with van der Waals surface area (Å²) in [7, 11) is 0. The van der Waals surface area contributed by atoms with Crippen LogP contribution in [0.3, 0.4) is 0 Å². The van der Waals surface area contributed by atoms with Crippen molar-refractivity contribution in [1.29, 1.82) is 0 Å². The lowest BCUT2D eigenvalue weighted by Crippen LogP contribution is -2.16. The molecule has 0 fully saturated rings. The normalized spacial score (nSPS) is 13.5. The second-order valence-corrected chi connectivity index (χ2v) is 41.7. The van der Waals surface area contributed by atoms with Gasteiger partial charge >= 0.3 is 0 Å². The maximum Gasteiger partial charge on any atom is 0.135 e. The second-order valence-electron chi connectivity index (χ2n) is 41.7. The molecule has 3 aliphatic carbocycles. The predicted octanol–water partition coefficient (Wildman–Crippen LogP) is 40.0. The van der Waals surface area contributed by atoms with Crippen molar-refractivity contribution in [3.8, 4) is 100 Å². The summed E-state index contributed by atoms with van der Waals surface area (Å²) in [5.41, 5.74) is 33.6. The highest BCUT2D eigenvalue weighted by molar-refractivity contribution is 6.31. The van der Waals surface area contributed by atoms with Crippen LogP contribution >= 0.6 is 0 Å². The van der Waals surface area contributed by atoms with Crippen LogP contribution in [0.1, 0.15) is 74.9 Å². The number of rotatable bonds is 6. The minimum Gasteiger partial charge on any atom is -0.456 e. The first kappa shape index (κ1) is 83.4. The molecule has 0 saturated heterocycles. The van der Waals surface area contributed by atoms with Crippen molar-refractivity contribution < 1.29 is 4.42 Å². The third-order valence-corrected chi connectivity index (χ3v) is 32.9. The highest BCUT2D eigenvalue weighted by atomic mass is 16.3. The van der Waals surface area contributed by atoms with Gasteiger partial charge in [-0.05, 0) is 351 Å². The van der Waals surface area contributed by atoms with E-state index in [0.717, 1.165) is 21.9 Å². The van der Waals surface area contributed by atoms with Gasteiger partial charge < -0.3 is 4.42 Å². The van der Waals surface area contributed by atoms with Crippen LogP contribution in [0.2, 0.25) is 0 Å². The zero-order valence-electron chi connectivity index (χ0n) is 80.9. The maximum absolute atomic E-state index is 6.21. The van der Waals surface area contributed by atoms with E-state index in [0.29, 0.717) is 0 Å². The molecule has 674 valence electrons. The second kappa shape index (κ2) is 31.7. The molecule has 3 aliphatic rings. The van der Waals surface area contributed by atoms with Crippen LogP contribution in [-0.4, -0.2) is 0 Å². The van der Waals surface area contributed by atoms with Crippen LogP contribution in [0, 0.1) is 0 Å². The van der Waals surface area contributed by atoms with Crippen LogP contribution in [0.5, 0.6) is 0 Å². The summed E-state index contributed by atoms with van der Waals surface area (Å²) in [5, 5.41) is 38.4. The van der Waals surface area contributed by atoms with E-state index in [2.05, 4.69) is 509 Å². The monoisotopic (exact) mass is 1830 g/mol. The molecule has 28 aromatic rings. The quantitative estimate of drug-likeness (QED) is 0.119. The zero-order valence-corrected chi connectivity index (χ0v) is 80.9. The zero-order chi connectivity index (χ0) is 95.7. The molecule has 0 unspecified atom stereocenters.